The predicted molar refractivity (Wildman–Crippen MR) is 107 cm³/mol. The largest absolute Gasteiger partial charge is 0.481 e. The van der Waals surface area contributed by atoms with Crippen LogP contribution in [0.3, 0.4) is 0 Å². The number of hydrogen-bond acceptors (Lipinski definition) is 3. The highest BCUT2D eigenvalue weighted by atomic mass is 79.9. The average Bonchev–Trinajstić information content (AvgIpc) is 2.68. The minimum atomic E-state index is -0.829. The SMILES string of the molecule is O=C(O)CBr.[C-]#[N+]c1ccc(CCC(=O)O)cc1.[C-]#[N+]c1ccc(N)cc1. The number of hydrogen-bond donors (Lipinski definition) is 3. The van der Waals surface area contributed by atoms with Gasteiger partial charge in [0.15, 0.2) is 11.4 Å². The van der Waals surface area contributed by atoms with E-state index in [9.17, 15) is 9.59 Å². The van der Waals surface area contributed by atoms with Gasteiger partial charge in [-0.25, -0.2) is 9.69 Å². The number of carbonyl (C=O) groups is 2. The number of alkyl halides is 1. The molecule has 4 N–H and O–H groups in total. The van der Waals surface area contributed by atoms with E-state index in [1.807, 2.05) is 0 Å². The van der Waals surface area contributed by atoms with Crippen molar-refractivity contribution in [1.29, 1.82) is 0 Å². The monoisotopic (exact) mass is 431 g/mol. The molecule has 0 aromatic heterocycles. The van der Waals surface area contributed by atoms with Gasteiger partial charge in [-0.1, -0.05) is 52.3 Å². The third-order valence-electron chi connectivity index (χ3n) is 2.83. The third-order valence-corrected chi connectivity index (χ3v) is 3.31. The molecular formula is C19H18BrN3O4. The zero-order valence-corrected chi connectivity index (χ0v) is 15.9. The van der Waals surface area contributed by atoms with Gasteiger partial charge in [-0.05, 0) is 24.1 Å². The summed E-state index contributed by atoms with van der Waals surface area (Å²) in [6, 6.07) is 13.8. The van der Waals surface area contributed by atoms with Crippen LogP contribution in [0.2, 0.25) is 0 Å². The Labute approximate surface area is 165 Å². The number of halogens is 1. The summed E-state index contributed by atoms with van der Waals surface area (Å²) in [6.07, 6.45) is 0.658. The first kappa shape index (κ1) is 23.6. The van der Waals surface area contributed by atoms with Crippen molar-refractivity contribution in [2.75, 3.05) is 11.1 Å². The second-order valence-electron chi connectivity index (χ2n) is 4.90. The lowest BCUT2D eigenvalue weighted by Crippen LogP contribution is -1.96. The summed E-state index contributed by atoms with van der Waals surface area (Å²) < 4.78 is 0. The minimum absolute atomic E-state index is 0.0347. The molecule has 0 amide bonds. The highest BCUT2D eigenvalue weighted by Crippen LogP contribution is 2.13. The maximum Gasteiger partial charge on any atom is 0.314 e. The van der Waals surface area contributed by atoms with E-state index in [4.69, 9.17) is 29.1 Å². The first-order valence-electron chi connectivity index (χ1n) is 7.51. The Balaban J connectivity index is 0.000000419. The molecule has 0 aliphatic rings. The summed E-state index contributed by atoms with van der Waals surface area (Å²) in [7, 11) is 0. The van der Waals surface area contributed by atoms with Gasteiger partial charge in [0, 0.05) is 12.1 Å². The van der Waals surface area contributed by atoms with Crippen molar-refractivity contribution in [1.82, 2.24) is 0 Å². The molecule has 8 heteroatoms. The third kappa shape index (κ3) is 12.6. The second-order valence-corrected chi connectivity index (χ2v) is 5.46. The van der Waals surface area contributed by atoms with E-state index < -0.39 is 11.9 Å². The van der Waals surface area contributed by atoms with Gasteiger partial charge in [0.25, 0.3) is 0 Å². The van der Waals surface area contributed by atoms with E-state index in [0.29, 0.717) is 23.5 Å². The van der Waals surface area contributed by atoms with Crippen LogP contribution >= 0.6 is 15.9 Å². The van der Waals surface area contributed by atoms with Gasteiger partial charge in [-0.3, -0.25) is 9.59 Å². The summed E-state index contributed by atoms with van der Waals surface area (Å²) >= 11 is 2.71. The van der Waals surface area contributed by atoms with E-state index in [2.05, 4.69) is 25.6 Å². The van der Waals surface area contributed by atoms with E-state index in [1.54, 1.807) is 48.5 Å². The first-order chi connectivity index (χ1) is 12.8. The molecule has 140 valence electrons. The standard InChI is InChI=1S/C10H9NO2.C7H6N2.C2H3BrO2/c1-11-9-5-2-8(3-6-9)4-7-10(12)13;1-9-7-4-2-6(8)3-5-7;3-1-2(4)5/h2-3,5-6H,4,7H2,(H,12,13);2-5H,8H2;1H2,(H,4,5). The van der Waals surface area contributed by atoms with Crippen molar-refractivity contribution in [3.8, 4) is 0 Å². The van der Waals surface area contributed by atoms with Gasteiger partial charge >= 0.3 is 11.9 Å². The number of anilines is 1. The lowest BCUT2D eigenvalue weighted by molar-refractivity contribution is -0.137. The van der Waals surface area contributed by atoms with Crippen LogP contribution < -0.4 is 5.73 Å². The molecule has 0 spiro atoms. The van der Waals surface area contributed by atoms with Gasteiger partial charge in [-0.2, -0.15) is 0 Å². The number of carboxylic acids is 2. The van der Waals surface area contributed by atoms with Crippen molar-refractivity contribution in [3.63, 3.8) is 0 Å². The Kier molecular flexibility index (Phi) is 12.2. The number of nitrogens with zero attached hydrogens (tertiary/aromatic N) is 2. The molecule has 0 bridgehead atoms. The molecule has 2 aromatic rings. The van der Waals surface area contributed by atoms with Crippen LogP contribution in [0, 0.1) is 13.1 Å². The summed E-state index contributed by atoms with van der Waals surface area (Å²) in [5.74, 6) is -1.63. The number of rotatable bonds is 4. The fourth-order valence-electron chi connectivity index (χ4n) is 1.54. The van der Waals surface area contributed by atoms with Crippen molar-refractivity contribution < 1.29 is 19.8 Å². The fraction of sp³-hybridized carbons (Fsp3) is 0.158. The Bertz CT molecular complexity index is 807. The van der Waals surface area contributed by atoms with Gasteiger partial charge in [0.2, 0.25) is 0 Å². The van der Waals surface area contributed by atoms with Crippen molar-refractivity contribution in [2.24, 2.45) is 0 Å². The normalized spacial score (nSPS) is 8.56. The Morgan fingerprint density at radius 3 is 1.63 bits per heavy atom. The van der Waals surface area contributed by atoms with Crippen molar-refractivity contribution >= 4 is 44.9 Å². The summed E-state index contributed by atoms with van der Waals surface area (Å²) in [4.78, 5) is 26.0. The number of nitrogens with two attached hydrogens (primary N) is 1. The van der Waals surface area contributed by atoms with Gasteiger partial charge < -0.3 is 15.9 Å². The lowest BCUT2D eigenvalue weighted by atomic mass is 10.1. The summed E-state index contributed by atoms with van der Waals surface area (Å²) in [5, 5.41) is 16.1. The zero-order valence-electron chi connectivity index (χ0n) is 14.3. The van der Waals surface area contributed by atoms with Crippen LogP contribution in [-0.2, 0) is 16.0 Å². The number of nitrogen functional groups attached to an aromatic ring is 1. The van der Waals surface area contributed by atoms with Crippen LogP contribution in [0.1, 0.15) is 12.0 Å². The smallest absolute Gasteiger partial charge is 0.314 e. The molecule has 0 aliphatic carbocycles. The van der Waals surface area contributed by atoms with Crippen LogP contribution in [-0.4, -0.2) is 27.5 Å². The van der Waals surface area contributed by atoms with Gasteiger partial charge in [0.05, 0.1) is 13.1 Å². The van der Waals surface area contributed by atoms with Crippen molar-refractivity contribution in [2.45, 2.75) is 12.8 Å². The van der Waals surface area contributed by atoms with E-state index in [-0.39, 0.29) is 11.8 Å². The molecule has 27 heavy (non-hydrogen) atoms. The first-order valence-corrected chi connectivity index (χ1v) is 8.63. The van der Waals surface area contributed by atoms with Crippen LogP contribution in [0.5, 0.6) is 0 Å². The fourth-order valence-corrected chi connectivity index (χ4v) is 1.54. The zero-order chi connectivity index (χ0) is 20.7. The van der Waals surface area contributed by atoms with E-state index in [1.165, 1.54) is 0 Å². The topological polar surface area (TPSA) is 109 Å². The molecule has 0 heterocycles. The molecular weight excluding hydrogens is 414 g/mol. The second kappa shape index (κ2) is 13.9. The Morgan fingerprint density at radius 1 is 0.889 bits per heavy atom. The summed E-state index contributed by atoms with van der Waals surface area (Å²) in [5.41, 5.74) is 8.24. The van der Waals surface area contributed by atoms with Gasteiger partial charge in [0.1, 0.15) is 5.33 Å². The maximum absolute atomic E-state index is 10.2. The highest BCUT2D eigenvalue weighted by molar-refractivity contribution is 9.09. The van der Waals surface area contributed by atoms with E-state index in [0.717, 1.165) is 5.56 Å². The number of benzene rings is 2. The molecule has 0 saturated carbocycles. The van der Waals surface area contributed by atoms with Crippen LogP contribution in [0.4, 0.5) is 17.1 Å². The number of aryl methyl sites for hydroxylation is 1. The quantitative estimate of drug-likeness (QED) is 0.373. The molecule has 0 saturated heterocycles. The molecule has 2 aromatic carbocycles. The molecule has 2 rings (SSSR count). The van der Waals surface area contributed by atoms with Crippen molar-refractivity contribution in [3.05, 3.63) is 76.9 Å². The molecule has 0 aliphatic heterocycles. The van der Waals surface area contributed by atoms with E-state index >= 15 is 0 Å². The minimum Gasteiger partial charge on any atom is -0.481 e. The number of carboxylic acid groups (broad SMARTS) is 2. The number of aliphatic carboxylic acids is 2. The van der Waals surface area contributed by atoms with Crippen LogP contribution in [0.25, 0.3) is 9.69 Å². The molecule has 7 nitrogen and oxygen atoms in total. The Morgan fingerprint density at radius 2 is 1.30 bits per heavy atom. The average molecular weight is 432 g/mol. The lowest BCUT2D eigenvalue weighted by Gasteiger charge is -1.97. The van der Waals surface area contributed by atoms with Crippen LogP contribution in [0.15, 0.2) is 48.5 Å². The molecule has 0 atom stereocenters. The highest BCUT2D eigenvalue weighted by Gasteiger charge is 1.98. The molecule has 0 unspecified atom stereocenters. The Hall–Kier alpha value is -3.36. The summed E-state index contributed by atoms with van der Waals surface area (Å²) in [6.45, 7) is 13.3. The molecule has 0 fully saturated rings. The molecule has 0 radical (unpaired) electrons. The van der Waals surface area contributed by atoms with Gasteiger partial charge in [-0.15, -0.1) is 0 Å². The predicted octanol–water partition coefficient (Wildman–Crippen LogP) is 4.54. The maximum atomic E-state index is 10.2.